The molecule has 0 radical (unpaired) electrons. The highest BCUT2D eigenvalue weighted by Gasteiger charge is 2.14. The maximum Gasteiger partial charge on any atom is 0.325 e. The SMILES string of the molecule is CCOC(=O)CN(Cc1ccccc1)c1ccc(CNC(=O)c2cccc(C(=N)N)c2)cc1.Cl. The lowest BCUT2D eigenvalue weighted by Gasteiger charge is -2.24. The molecular weight excluding hydrogens is 452 g/mol. The van der Waals surface area contributed by atoms with Crippen molar-refractivity contribution in [3.63, 3.8) is 0 Å². The molecule has 0 saturated carbocycles. The van der Waals surface area contributed by atoms with Gasteiger partial charge in [0.25, 0.3) is 5.91 Å². The Balaban J connectivity index is 0.00000408. The molecule has 178 valence electrons. The van der Waals surface area contributed by atoms with Crippen LogP contribution in [0.15, 0.2) is 78.9 Å². The van der Waals surface area contributed by atoms with Gasteiger partial charge in [0.15, 0.2) is 0 Å². The predicted molar refractivity (Wildman–Crippen MR) is 136 cm³/mol. The molecule has 0 atom stereocenters. The van der Waals surface area contributed by atoms with E-state index in [0.29, 0.717) is 30.8 Å². The first-order valence-electron chi connectivity index (χ1n) is 10.7. The quantitative estimate of drug-likeness (QED) is 0.232. The fourth-order valence-electron chi connectivity index (χ4n) is 3.34. The number of amidine groups is 1. The maximum absolute atomic E-state index is 12.5. The van der Waals surface area contributed by atoms with E-state index in [1.54, 1.807) is 31.2 Å². The molecule has 0 aliphatic rings. The summed E-state index contributed by atoms with van der Waals surface area (Å²) in [6, 6.07) is 24.3. The summed E-state index contributed by atoms with van der Waals surface area (Å²) in [6.07, 6.45) is 0. The van der Waals surface area contributed by atoms with Crippen molar-refractivity contribution >= 4 is 35.8 Å². The largest absolute Gasteiger partial charge is 0.465 e. The van der Waals surface area contributed by atoms with Crippen LogP contribution in [0, 0.1) is 5.41 Å². The van der Waals surface area contributed by atoms with Crippen molar-refractivity contribution in [1.82, 2.24) is 5.32 Å². The van der Waals surface area contributed by atoms with E-state index in [9.17, 15) is 9.59 Å². The number of anilines is 1. The van der Waals surface area contributed by atoms with Crippen LogP contribution in [0.4, 0.5) is 5.69 Å². The summed E-state index contributed by atoms with van der Waals surface area (Å²) in [5.41, 5.74) is 9.35. The molecule has 0 aliphatic heterocycles. The maximum atomic E-state index is 12.5. The van der Waals surface area contributed by atoms with Crippen molar-refractivity contribution in [3.8, 4) is 0 Å². The monoisotopic (exact) mass is 480 g/mol. The van der Waals surface area contributed by atoms with Crippen molar-refractivity contribution in [2.24, 2.45) is 5.73 Å². The zero-order valence-corrected chi connectivity index (χ0v) is 19.8. The van der Waals surface area contributed by atoms with E-state index in [4.69, 9.17) is 15.9 Å². The molecule has 3 rings (SSSR count). The molecule has 4 N–H and O–H groups in total. The number of benzene rings is 3. The average Bonchev–Trinajstić information content (AvgIpc) is 2.83. The smallest absolute Gasteiger partial charge is 0.325 e. The molecule has 0 saturated heterocycles. The minimum absolute atomic E-state index is 0. The number of nitrogens with one attached hydrogen (secondary N) is 2. The topological polar surface area (TPSA) is 109 Å². The summed E-state index contributed by atoms with van der Waals surface area (Å²) in [5.74, 6) is -0.601. The van der Waals surface area contributed by atoms with Crippen LogP contribution in [-0.4, -0.2) is 30.9 Å². The fraction of sp³-hybridized carbons (Fsp3) is 0.192. The van der Waals surface area contributed by atoms with Gasteiger partial charge in [-0.15, -0.1) is 12.4 Å². The average molecular weight is 481 g/mol. The lowest BCUT2D eigenvalue weighted by atomic mass is 10.1. The van der Waals surface area contributed by atoms with Gasteiger partial charge in [0.2, 0.25) is 0 Å². The third-order valence-corrected chi connectivity index (χ3v) is 5.03. The number of carbonyl (C=O) groups excluding carboxylic acids is 2. The zero-order valence-electron chi connectivity index (χ0n) is 19.0. The number of esters is 1. The molecular formula is C26H29ClN4O3. The van der Waals surface area contributed by atoms with Crippen molar-refractivity contribution < 1.29 is 14.3 Å². The highest BCUT2D eigenvalue weighted by atomic mass is 35.5. The Kier molecular flexibility index (Phi) is 10.1. The Bertz CT molecular complexity index is 1100. The normalized spacial score (nSPS) is 10.0. The van der Waals surface area contributed by atoms with E-state index < -0.39 is 0 Å². The number of rotatable bonds is 10. The number of nitrogens with zero attached hydrogens (tertiary/aromatic N) is 1. The van der Waals surface area contributed by atoms with Crippen LogP contribution in [0.5, 0.6) is 0 Å². The molecule has 0 fully saturated rings. The Labute approximate surface area is 205 Å². The number of nitrogen functional groups attached to an aromatic ring is 1. The van der Waals surface area contributed by atoms with E-state index in [1.165, 1.54) is 0 Å². The van der Waals surface area contributed by atoms with E-state index in [1.807, 2.05) is 59.5 Å². The number of ether oxygens (including phenoxy) is 1. The van der Waals surface area contributed by atoms with Gasteiger partial charge < -0.3 is 20.7 Å². The summed E-state index contributed by atoms with van der Waals surface area (Å²) in [4.78, 5) is 26.6. The Morgan fingerprint density at radius 2 is 1.62 bits per heavy atom. The van der Waals surface area contributed by atoms with Crippen molar-refractivity contribution in [3.05, 3.63) is 101 Å². The molecule has 1 amide bonds. The van der Waals surface area contributed by atoms with Gasteiger partial charge in [-0.3, -0.25) is 15.0 Å². The molecule has 0 heterocycles. The first-order valence-corrected chi connectivity index (χ1v) is 10.7. The Morgan fingerprint density at radius 1 is 0.941 bits per heavy atom. The van der Waals surface area contributed by atoms with Crippen LogP contribution in [0.3, 0.4) is 0 Å². The van der Waals surface area contributed by atoms with E-state index >= 15 is 0 Å². The van der Waals surface area contributed by atoms with Gasteiger partial charge in [-0.2, -0.15) is 0 Å². The molecule has 8 heteroatoms. The lowest BCUT2D eigenvalue weighted by Crippen LogP contribution is -2.30. The highest BCUT2D eigenvalue weighted by molar-refractivity contribution is 6.00. The molecule has 0 bridgehead atoms. The van der Waals surface area contributed by atoms with Gasteiger partial charge in [0.1, 0.15) is 12.4 Å². The molecule has 7 nitrogen and oxygen atoms in total. The Hall–Kier alpha value is -3.84. The first-order chi connectivity index (χ1) is 16.0. The predicted octanol–water partition coefficient (Wildman–Crippen LogP) is 3.89. The van der Waals surface area contributed by atoms with Crippen LogP contribution in [-0.2, 0) is 22.6 Å². The van der Waals surface area contributed by atoms with Crippen LogP contribution in [0.1, 0.15) is 34.0 Å². The molecule has 0 aliphatic carbocycles. The van der Waals surface area contributed by atoms with E-state index in [-0.39, 0.29) is 36.7 Å². The number of nitrogens with two attached hydrogens (primary N) is 1. The fourth-order valence-corrected chi connectivity index (χ4v) is 3.34. The minimum Gasteiger partial charge on any atom is -0.465 e. The third-order valence-electron chi connectivity index (χ3n) is 5.03. The summed E-state index contributed by atoms with van der Waals surface area (Å²) in [7, 11) is 0. The summed E-state index contributed by atoms with van der Waals surface area (Å²) < 4.78 is 5.14. The molecule has 34 heavy (non-hydrogen) atoms. The lowest BCUT2D eigenvalue weighted by molar-refractivity contribution is -0.141. The van der Waals surface area contributed by atoms with Crippen molar-refractivity contribution in [1.29, 1.82) is 5.41 Å². The second-order valence-electron chi connectivity index (χ2n) is 7.49. The second-order valence-corrected chi connectivity index (χ2v) is 7.49. The number of hydrogen-bond donors (Lipinski definition) is 3. The molecule has 0 spiro atoms. The standard InChI is InChI=1S/C26H28N4O3.ClH/c1-2-33-24(31)18-30(17-20-7-4-3-5-8-20)23-13-11-19(12-14-23)16-29-26(32)22-10-6-9-21(15-22)25(27)28;/h3-15H,2,16-18H2,1H3,(H3,27,28)(H,29,32);1H. The number of halogens is 1. The van der Waals surface area contributed by atoms with Crippen LogP contribution in [0.2, 0.25) is 0 Å². The number of carbonyl (C=O) groups is 2. The van der Waals surface area contributed by atoms with E-state index in [0.717, 1.165) is 16.8 Å². The molecule has 0 unspecified atom stereocenters. The molecule has 3 aromatic rings. The number of hydrogen-bond acceptors (Lipinski definition) is 5. The van der Waals surface area contributed by atoms with Crippen LogP contribution >= 0.6 is 12.4 Å². The van der Waals surface area contributed by atoms with Gasteiger partial charge in [-0.05, 0) is 42.3 Å². The number of amides is 1. The molecule has 3 aromatic carbocycles. The first kappa shape index (κ1) is 26.4. The van der Waals surface area contributed by atoms with Crippen molar-refractivity contribution in [2.45, 2.75) is 20.0 Å². The minimum atomic E-state index is -0.280. The highest BCUT2D eigenvalue weighted by Crippen LogP contribution is 2.19. The van der Waals surface area contributed by atoms with Gasteiger partial charge >= 0.3 is 5.97 Å². The van der Waals surface area contributed by atoms with Crippen LogP contribution in [0.25, 0.3) is 0 Å². The van der Waals surface area contributed by atoms with E-state index in [2.05, 4.69) is 5.32 Å². The summed E-state index contributed by atoms with van der Waals surface area (Å²) >= 11 is 0. The van der Waals surface area contributed by atoms with Crippen LogP contribution < -0.4 is 16.0 Å². The zero-order chi connectivity index (χ0) is 23.6. The van der Waals surface area contributed by atoms with Gasteiger partial charge in [0.05, 0.1) is 6.61 Å². The third kappa shape index (κ3) is 7.64. The summed E-state index contributed by atoms with van der Waals surface area (Å²) in [5, 5.41) is 10.4. The van der Waals surface area contributed by atoms with Crippen molar-refractivity contribution in [2.75, 3.05) is 18.1 Å². The van der Waals surface area contributed by atoms with Gasteiger partial charge in [0, 0.05) is 29.9 Å². The molecule has 0 aromatic heterocycles. The second kappa shape index (κ2) is 13.0. The Morgan fingerprint density at radius 3 is 2.26 bits per heavy atom. The van der Waals surface area contributed by atoms with Gasteiger partial charge in [-0.25, -0.2) is 0 Å². The van der Waals surface area contributed by atoms with Gasteiger partial charge in [-0.1, -0.05) is 54.6 Å². The summed E-state index contributed by atoms with van der Waals surface area (Å²) in [6.45, 7) is 3.19.